The second kappa shape index (κ2) is 7.97. The van der Waals surface area contributed by atoms with Crippen LogP contribution in [-0.4, -0.2) is 32.5 Å². The normalized spacial score (nSPS) is 10.2. The summed E-state index contributed by atoms with van der Waals surface area (Å²) in [5, 5.41) is 2.81. The average molecular weight is 390 g/mol. The number of hydrogen-bond acceptors (Lipinski definition) is 3. The third kappa shape index (κ3) is 4.83. The van der Waals surface area contributed by atoms with Crippen LogP contribution in [-0.2, 0) is 9.59 Å². The van der Waals surface area contributed by atoms with Crippen molar-refractivity contribution in [2.24, 2.45) is 0 Å². The molecule has 2 aromatic carbocycles. The molecule has 0 radical (unpaired) electrons. The molecule has 24 heavy (non-hydrogen) atoms. The first-order valence-electron chi connectivity index (χ1n) is 7.47. The molecule has 0 bridgehead atoms. The molecule has 5 nitrogen and oxygen atoms in total. The van der Waals surface area contributed by atoms with E-state index in [2.05, 4.69) is 21.2 Å². The van der Waals surface area contributed by atoms with Gasteiger partial charge in [0.1, 0.15) is 6.54 Å². The van der Waals surface area contributed by atoms with Crippen LogP contribution in [0.1, 0.15) is 6.92 Å². The monoisotopic (exact) mass is 389 g/mol. The third-order valence-corrected chi connectivity index (χ3v) is 4.02. The molecule has 0 aliphatic carbocycles. The number of rotatable bonds is 5. The molecule has 0 saturated heterocycles. The summed E-state index contributed by atoms with van der Waals surface area (Å²) >= 11 is 3.36. The van der Waals surface area contributed by atoms with Crippen molar-refractivity contribution in [1.82, 2.24) is 0 Å². The summed E-state index contributed by atoms with van der Waals surface area (Å²) < 4.78 is 0.917. The van der Waals surface area contributed by atoms with E-state index in [0.717, 1.165) is 10.2 Å². The van der Waals surface area contributed by atoms with Crippen molar-refractivity contribution in [3.05, 3.63) is 53.0 Å². The highest BCUT2D eigenvalue weighted by molar-refractivity contribution is 9.10. The lowest BCUT2D eigenvalue weighted by molar-refractivity contribution is -0.120. The fraction of sp³-hybridized carbons (Fsp3) is 0.222. The summed E-state index contributed by atoms with van der Waals surface area (Å²) in [7, 11) is 3.91. The van der Waals surface area contributed by atoms with E-state index in [4.69, 9.17) is 0 Å². The third-order valence-electron chi connectivity index (χ3n) is 3.49. The maximum atomic E-state index is 12.3. The first-order chi connectivity index (χ1) is 11.4. The van der Waals surface area contributed by atoms with Crippen LogP contribution in [0.15, 0.2) is 53.0 Å². The summed E-state index contributed by atoms with van der Waals surface area (Å²) in [6.07, 6.45) is 0. The number of nitrogens with one attached hydrogen (secondary N) is 1. The lowest BCUT2D eigenvalue weighted by Crippen LogP contribution is -2.36. The van der Waals surface area contributed by atoms with Gasteiger partial charge in [-0.1, -0.05) is 15.9 Å². The topological polar surface area (TPSA) is 52.7 Å². The average Bonchev–Trinajstić information content (AvgIpc) is 2.54. The molecule has 0 spiro atoms. The first kappa shape index (κ1) is 18.0. The van der Waals surface area contributed by atoms with E-state index in [1.165, 1.54) is 11.8 Å². The maximum absolute atomic E-state index is 12.3. The van der Waals surface area contributed by atoms with Gasteiger partial charge in [0.25, 0.3) is 0 Å². The second-order valence-corrected chi connectivity index (χ2v) is 6.49. The van der Waals surface area contributed by atoms with E-state index in [1.54, 1.807) is 12.1 Å². The molecule has 0 saturated carbocycles. The Morgan fingerprint density at radius 3 is 2.00 bits per heavy atom. The van der Waals surface area contributed by atoms with Gasteiger partial charge in [0.15, 0.2) is 0 Å². The Morgan fingerprint density at radius 2 is 1.50 bits per heavy atom. The molecular weight excluding hydrogens is 370 g/mol. The van der Waals surface area contributed by atoms with Crippen LogP contribution in [0.5, 0.6) is 0 Å². The zero-order valence-corrected chi connectivity index (χ0v) is 15.5. The van der Waals surface area contributed by atoms with Crippen LogP contribution < -0.4 is 15.1 Å². The highest BCUT2D eigenvalue weighted by atomic mass is 79.9. The van der Waals surface area contributed by atoms with Crippen LogP contribution in [0.25, 0.3) is 0 Å². The largest absolute Gasteiger partial charge is 0.378 e. The fourth-order valence-electron chi connectivity index (χ4n) is 2.19. The van der Waals surface area contributed by atoms with E-state index in [-0.39, 0.29) is 18.4 Å². The molecule has 2 rings (SSSR count). The van der Waals surface area contributed by atoms with Crippen LogP contribution in [0.3, 0.4) is 0 Å². The SMILES string of the molecule is CC(=O)N(CC(=O)Nc1ccc(N(C)C)cc1)c1ccc(Br)cc1. The molecule has 0 atom stereocenters. The Kier molecular flexibility index (Phi) is 5.98. The van der Waals surface area contributed by atoms with Gasteiger partial charge in [-0.05, 0) is 48.5 Å². The zero-order valence-electron chi connectivity index (χ0n) is 13.9. The van der Waals surface area contributed by atoms with Gasteiger partial charge in [-0.15, -0.1) is 0 Å². The van der Waals surface area contributed by atoms with Crippen molar-refractivity contribution in [3.8, 4) is 0 Å². The quantitative estimate of drug-likeness (QED) is 0.850. The van der Waals surface area contributed by atoms with Crippen LogP contribution in [0.2, 0.25) is 0 Å². The Bertz CT molecular complexity index is 712. The molecule has 2 aromatic rings. The van der Waals surface area contributed by atoms with E-state index in [0.29, 0.717) is 11.4 Å². The Hall–Kier alpha value is -2.34. The molecule has 126 valence electrons. The minimum Gasteiger partial charge on any atom is -0.378 e. The van der Waals surface area contributed by atoms with Crippen LogP contribution in [0, 0.1) is 0 Å². The number of carbonyl (C=O) groups excluding carboxylic acids is 2. The number of amides is 2. The van der Waals surface area contributed by atoms with Crippen molar-refractivity contribution < 1.29 is 9.59 Å². The molecular formula is C18H20BrN3O2. The molecule has 0 fully saturated rings. The minimum absolute atomic E-state index is 0.0353. The molecule has 0 aliphatic heterocycles. The van der Waals surface area contributed by atoms with Gasteiger partial charge in [-0.2, -0.15) is 0 Å². The number of hydrogen-bond donors (Lipinski definition) is 1. The highest BCUT2D eigenvalue weighted by Gasteiger charge is 2.16. The van der Waals surface area contributed by atoms with E-state index in [9.17, 15) is 9.59 Å². The predicted molar refractivity (Wildman–Crippen MR) is 102 cm³/mol. The summed E-state index contributed by atoms with van der Waals surface area (Å²) in [5.41, 5.74) is 2.43. The van der Waals surface area contributed by atoms with Gasteiger partial charge in [0, 0.05) is 42.6 Å². The van der Waals surface area contributed by atoms with Crippen LogP contribution in [0.4, 0.5) is 17.1 Å². The van der Waals surface area contributed by atoms with E-state index in [1.807, 2.05) is 55.4 Å². The van der Waals surface area contributed by atoms with Gasteiger partial charge < -0.3 is 15.1 Å². The standard InChI is InChI=1S/C18H20BrN3O2/c1-13(23)22(17-8-4-14(19)5-9-17)12-18(24)20-15-6-10-16(11-7-15)21(2)3/h4-11H,12H2,1-3H3,(H,20,24). The predicted octanol–water partition coefficient (Wildman–Crippen LogP) is 3.51. The number of halogens is 1. The minimum atomic E-state index is -0.245. The zero-order chi connectivity index (χ0) is 17.7. The van der Waals surface area contributed by atoms with Crippen molar-refractivity contribution in [3.63, 3.8) is 0 Å². The fourth-order valence-corrected chi connectivity index (χ4v) is 2.46. The maximum Gasteiger partial charge on any atom is 0.244 e. The molecule has 0 aromatic heterocycles. The molecule has 0 unspecified atom stereocenters. The molecule has 6 heteroatoms. The van der Waals surface area contributed by atoms with Gasteiger partial charge in [0.05, 0.1) is 0 Å². The van der Waals surface area contributed by atoms with Crippen molar-refractivity contribution in [2.45, 2.75) is 6.92 Å². The Morgan fingerprint density at radius 1 is 0.958 bits per heavy atom. The molecule has 2 amide bonds. The molecule has 0 heterocycles. The summed E-state index contributed by atoms with van der Waals surface area (Å²) in [6, 6.07) is 14.8. The second-order valence-electron chi connectivity index (χ2n) is 5.57. The highest BCUT2D eigenvalue weighted by Crippen LogP contribution is 2.19. The van der Waals surface area contributed by atoms with Gasteiger partial charge in [0.2, 0.25) is 11.8 Å². The van der Waals surface area contributed by atoms with Crippen LogP contribution >= 0.6 is 15.9 Å². The molecule has 0 aliphatic rings. The summed E-state index contributed by atoms with van der Waals surface area (Å²) in [4.78, 5) is 27.6. The van der Waals surface area contributed by atoms with Crippen molar-refractivity contribution in [2.75, 3.05) is 35.8 Å². The van der Waals surface area contributed by atoms with Crippen molar-refractivity contribution in [1.29, 1.82) is 0 Å². The molecule has 1 N–H and O–H groups in total. The Balaban J connectivity index is 2.05. The van der Waals surface area contributed by atoms with E-state index >= 15 is 0 Å². The number of nitrogens with zero attached hydrogens (tertiary/aromatic N) is 2. The first-order valence-corrected chi connectivity index (χ1v) is 8.27. The Labute approximate surface area is 150 Å². The van der Waals surface area contributed by atoms with Gasteiger partial charge >= 0.3 is 0 Å². The number of benzene rings is 2. The lowest BCUT2D eigenvalue weighted by Gasteiger charge is -2.21. The van der Waals surface area contributed by atoms with Crippen molar-refractivity contribution >= 4 is 44.8 Å². The van der Waals surface area contributed by atoms with Gasteiger partial charge in [-0.25, -0.2) is 0 Å². The number of carbonyl (C=O) groups is 2. The van der Waals surface area contributed by atoms with E-state index < -0.39 is 0 Å². The smallest absolute Gasteiger partial charge is 0.244 e. The summed E-state index contributed by atoms with van der Waals surface area (Å²) in [6.45, 7) is 1.41. The van der Waals surface area contributed by atoms with Gasteiger partial charge in [-0.3, -0.25) is 9.59 Å². The summed E-state index contributed by atoms with van der Waals surface area (Å²) in [5.74, 6) is -0.429. The number of anilines is 3. The lowest BCUT2D eigenvalue weighted by atomic mass is 10.2.